The van der Waals surface area contributed by atoms with E-state index in [1.165, 1.54) is 120 Å². The lowest BCUT2D eigenvalue weighted by Gasteiger charge is -2.50. The smallest absolute Gasteiger partial charge is 0.255 e. The summed E-state index contributed by atoms with van der Waals surface area (Å²) in [4.78, 5) is 16.0. The molecule has 0 amide bonds. The molecule has 15 aromatic rings. The molecule has 0 atom stereocenters. The highest BCUT2D eigenvalue weighted by atomic mass is 32.2. The van der Waals surface area contributed by atoms with Crippen LogP contribution in [0.3, 0.4) is 0 Å². The van der Waals surface area contributed by atoms with Crippen molar-refractivity contribution >= 4 is 161 Å². The lowest BCUT2D eigenvalue weighted by Crippen LogP contribution is -2.68. The second-order valence-electron chi connectivity index (χ2n) is 28.9. The molecule has 0 radical (unpaired) electrons. The zero-order valence-corrected chi connectivity index (χ0v) is 58.8. The molecule has 0 unspecified atom stereocenters. The zero-order valence-electron chi connectivity index (χ0n) is 57.2. The van der Waals surface area contributed by atoms with Crippen molar-refractivity contribution in [1.82, 2.24) is 0 Å². The van der Waals surface area contributed by atoms with Gasteiger partial charge >= 0.3 is 0 Å². The molecule has 0 saturated heterocycles. The molecule has 15 aromatic carbocycles. The maximum Gasteiger partial charge on any atom is 0.255 e. The largest absolute Gasteiger partial charge is 0.311 e. The van der Waals surface area contributed by atoms with Crippen LogP contribution < -0.4 is 68.8 Å². The number of hydrogen-bond donors (Lipinski definition) is 0. The minimum atomic E-state index is -0.341. The summed E-state index contributed by atoms with van der Waals surface area (Å²) in [5, 5.41) is 0. The fraction of sp³-hybridized carbons (Fsp3) is 0.0426. The van der Waals surface area contributed by atoms with E-state index < -0.39 is 0 Å². The number of rotatable bonds is 8. The van der Waals surface area contributed by atoms with Crippen molar-refractivity contribution in [2.24, 2.45) is 0 Å². The molecule has 103 heavy (non-hydrogen) atoms. The molecule has 0 spiro atoms. The fourth-order valence-corrected chi connectivity index (χ4v) is 20.6. The lowest BCUT2D eigenvalue weighted by atomic mass is 9.29. The molecule has 0 saturated carbocycles. The summed E-state index contributed by atoms with van der Waals surface area (Å²) in [6.07, 6.45) is 0. The second-order valence-corrected chi connectivity index (χ2v) is 31.0. The highest BCUT2D eigenvalue weighted by Crippen LogP contribution is 2.58. The highest BCUT2D eigenvalue weighted by Gasteiger charge is 2.54. The fourth-order valence-electron chi connectivity index (χ4n) is 17.9. The van der Waals surface area contributed by atoms with Crippen LogP contribution in [0.2, 0.25) is 0 Å². The molecule has 21 rings (SSSR count). The predicted octanol–water partition coefficient (Wildman–Crippen LogP) is 19.3. The van der Waals surface area contributed by atoms with Crippen molar-refractivity contribution in [2.75, 3.05) is 19.6 Å². The third-order valence-electron chi connectivity index (χ3n) is 22.3. The number of nitrogens with zero attached hydrogens (tertiary/aromatic N) is 4. The van der Waals surface area contributed by atoms with Crippen LogP contribution in [-0.4, -0.2) is 20.1 Å². The minimum Gasteiger partial charge on any atom is -0.311 e. The van der Waals surface area contributed by atoms with E-state index in [0.717, 1.165) is 67.3 Å². The molecule has 0 bridgehead atoms. The van der Waals surface area contributed by atoms with E-state index in [9.17, 15) is 0 Å². The standard InChI is InChI=1S/C94H65B3N4S2/c1-94(2,3)64-56-77-85-78(57-64)101(91-69(62-36-14-6-15-37-62)46-31-47-70(91)63-38-16-7-17-39-63)82-59-80-87-93(103-84-55-29-25-51-74(84)96(87)72-49-23-27-53-76(72)99(80)66-42-20-9-21-43-66)89(82)97(85)88-81(100(77)90-67(60-32-10-4-11-33-60)44-30-45-68(90)61-34-12-5-13-35-61)58-79-86-92(88)102-83-54-28-24-50-73(83)95(86)71-48-22-26-52-75(71)98(79)65-40-18-8-19-41-65/h4-59H,1-3H3. The Balaban J connectivity index is 1.00. The van der Waals surface area contributed by atoms with Crippen molar-refractivity contribution in [1.29, 1.82) is 0 Å². The first-order valence-corrected chi connectivity index (χ1v) is 37.6. The first kappa shape index (κ1) is 60.2. The molecule has 0 N–H and O–H groups in total. The highest BCUT2D eigenvalue weighted by molar-refractivity contribution is 8.00. The Hall–Kier alpha value is -11.6. The Morgan fingerprint density at radius 3 is 0.893 bits per heavy atom. The number of benzene rings is 15. The predicted molar refractivity (Wildman–Crippen MR) is 441 cm³/mol. The van der Waals surface area contributed by atoms with E-state index in [1.807, 2.05) is 23.5 Å². The van der Waals surface area contributed by atoms with Gasteiger partial charge in [0.25, 0.3) is 6.71 Å². The third kappa shape index (κ3) is 9.11. The van der Waals surface area contributed by atoms with E-state index in [1.54, 1.807) is 0 Å². The van der Waals surface area contributed by atoms with Crippen LogP contribution >= 0.6 is 23.5 Å². The van der Waals surface area contributed by atoms with Crippen LogP contribution in [-0.2, 0) is 5.41 Å². The average Bonchev–Trinajstić information content (AvgIpc) is 0.665. The summed E-state index contributed by atoms with van der Waals surface area (Å²) in [7, 11) is 0. The first-order valence-electron chi connectivity index (χ1n) is 35.9. The summed E-state index contributed by atoms with van der Waals surface area (Å²) in [6, 6.07) is 129. The minimum absolute atomic E-state index is 0.0767. The Morgan fingerprint density at radius 1 is 0.243 bits per heavy atom. The molecule has 4 nitrogen and oxygen atoms in total. The molecule has 482 valence electrons. The van der Waals surface area contributed by atoms with Crippen LogP contribution in [0.15, 0.2) is 359 Å². The molecule has 9 heteroatoms. The second kappa shape index (κ2) is 23.5. The number of hydrogen-bond acceptors (Lipinski definition) is 6. The van der Waals surface area contributed by atoms with Gasteiger partial charge in [0.2, 0.25) is 13.4 Å². The maximum atomic E-state index is 2.79. The molecular weight excluding hydrogens is 1280 g/mol. The third-order valence-corrected chi connectivity index (χ3v) is 24.7. The van der Waals surface area contributed by atoms with Crippen LogP contribution in [0, 0.1) is 0 Å². The molecule has 0 fully saturated rings. The number of para-hydroxylation sites is 6. The van der Waals surface area contributed by atoms with Gasteiger partial charge < -0.3 is 19.6 Å². The van der Waals surface area contributed by atoms with Crippen LogP contribution in [0.4, 0.5) is 68.2 Å². The summed E-state index contributed by atoms with van der Waals surface area (Å²) < 4.78 is 0. The summed E-state index contributed by atoms with van der Waals surface area (Å²) in [6.45, 7) is 6.76. The molecule has 6 aliphatic rings. The Labute approximate surface area is 611 Å². The van der Waals surface area contributed by atoms with E-state index in [0.29, 0.717) is 0 Å². The van der Waals surface area contributed by atoms with Gasteiger partial charge in [-0.15, -0.1) is 0 Å². The maximum absolute atomic E-state index is 2.79. The molecular formula is C94H65B3N4S2. The Morgan fingerprint density at radius 2 is 0.534 bits per heavy atom. The first-order chi connectivity index (χ1) is 50.8. The van der Waals surface area contributed by atoms with Gasteiger partial charge in [0, 0.05) is 98.7 Å². The van der Waals surface area contributed by atoms with Gasteiger partial charge in [0.15, 0.2) is 0 Å². The van der Waals surface area contributed by atoms with Crippen LogP contribution in [0.5, 0.6) is 0 Å². The molecule has 0 aliphatic carbocycles. The van der Waals surface area contributed by atoms with E-state index in [4.69, 9.17) is 0 Å². The summed E-state index contributed by atoms with van der Waals surface area (Å²) in [5.74, 6) is 0. The van der Waals surface area contributed by atoms with Crippen LogP contribution in [0.1, 0.15) is 26.3 Å². The lowest BCUT2D eigenvalue weighted by molar-refractivity contribution is 0.590. The van der Waals surface area contributed by atoms with Gasteiger partial charge in [-0.2, -0.15) is 0 Å². The van der Waals surface area contributed by atoms with E-state index in [2.05, 4.69) is 380 Å². The number of fused-ring (bicyclic) bond motifs is 14. The van der Waals surface area contributed by atoms with E-state index in [-0.39, 0.29) is 25.6 Å². The Kier molecular flexibility index (Phi) is 13.7. The zero-order chi connectivity index (χ0) is 68.2. The number of anilines is 12. The van der Waals surface area contributed by atoms with Gasteiger partial charge in [0.1, 0.15) is 0 Å². The summed E-state index contributed by atoms with van der Waals surface area (Å²) in [5.41, 5.74) is 36.0. The van der Waals surface area contributed by atoms with Crippen molar-refractivity contribution in [3.63, 3.8) is 0 Å². The SMILES string of the molecule is CC(C)(C)c1cc2c3c(c1)N(c1c(-c4ccccc4)cccc1-c1ccccc1)c1cc4c5c(c1B3c1c(cc3c6c1Sc1ccccc1B6c1ccccc1N3c1ccccc1)N2c1c(-c2ccccc2)cccc1-c1ccccc1)Sc1ccccc1B5c1ccccc1N4c1ccccc1. The topological polar surface area (TPSA) is 13.0 Å². The Bertz CT molecular complexity index is 5500. The molecule has 0 aromatic heterocycles. The van der Waals surface area contributed by atoms with Crippen molar-refractivity contribution < 1.29 is 0 Å². The normalized spacial score (nSPS) is 13.8. The van der Waals surface area contributed by atoms with Gasteiger partial charge in [-0.05, 0) is 144 Å². The van der Waals surface area contributed by atoms with Gasteiger partial charge in [-0.25, -0.2) is 0 Å². The van der Waals surface area contributed by atoms with Crippen molar-refractivity contribution in [3.05, 3.63) is 345 Å². The van der Waals surface area contributed by atoms with E-state index >= 15 is 0 Å². The molecule has 6 heterocycles. The van der Waals surface area contributed by atoms with Crippen molar-refractivity contribution in [3.8, 4) is 44.5 Å². The summed E-state index contributed by atoms with van der Waals surface area (Å²) >= 11 is 3.98. The van der Waals surface area contributed by atoms with Gasteiger partial charge in [-0.3, -0.25) is 0 Å². The van der Waals surface area contributed by atoms with Crippen molar-refractivity contribution in [2.45, 2.75) is 45.8 Å². The van der Waals surface area contributed by atoms with Gasteiger partial charge in [-0.1, -0.05) is 322 Å². The quantitative estimate of drug-likeness (QED) is 0.140. The molecule has 6 aliphatic heterocycles. The monoisotopic (exact) mass is 1350 g/mol. The van der Waals surface area contributed by atoms with Crippen LogP contribution in [0.25, 0.3) is 44.5 Å². The average molecular weight is 1350 g/mol. The van der Waals surface area contributed by atoms with Gasteiger partial charge in [0.05, 0.1) is 11.4 Å².